The molecule has 1 fully saturated rings. The van der Waals surface area contributed by atoms with E-state index in [0.717, 1.165) is 55.6 Å². The maximum Gasteiger partial charge on any atom is 0.220 e. The van der Waals surface area contributed by atoms with Gasteiger partial charge in [-0.25, -0.2) is 0 Å². The first-order valence-electron chi connectivity index (χ1n) is 10.3. The third-order valence-corrected chi connectivity index (χ3v) is 5.64. The molecule has 3 heteroatoms. The van der Waals surface area contributed by atoms with Crippen molar-refractivity contribution in [3.63, 3.8) is 0 Å². The Bertz CT molecular complexity index is 479. The lowest BCUT2D eigenvalue weighted by Gasteiger charge is -2.01. The average Bonchev–Trinajstić information content (AvgIpc) is 3.39. The summed E-state index contributed by atoms with van der Waals surface area (Å²) in [4.78, 5) is 11.5. The molecule has 0 aromatic carbocycles. The molecule has 1 amide bonds. The second kappa shape index (κ2) is 16.0. The second-order valence-electron chi connectivity index (χ2n) is 6.69. The summed E-state index contributed by atoms with van der Waals surface area (Å²) in [5.41, 5.74) is 0. The lowest BCUT2D eigenvalue weighted by atomic mass is 10.1. The molecule has 0 aliphatic carbocycles. The van der Waals surface area contributed by atoms with E-state index in [1.54, 1.807) is 0 Å². The molecule has 146 valence electrons. The number of carbonyl (C=O) groups excluding carboxylic acids is 1. The lowest BCUT2D eigenvalue weighted by molar-refractivity contribution is -0.121. The van der Waals surface area contributed by atoms with Crippen LogP contribution < -0.4 is 5.32 Å². The van der Waals surface area contributed by atoms with Crippen LogP contribution in [0.5, 0.6) is 0 Å². The van der Waals surface area contributed by atoms with E-state index in [1.807, 2.05) is 0 Å². The van der Waals surface area contributed by atoms with Crippen LogP contribution in [0.15, 0.2) is 48.6 Å². The molecule has 1 heterocycles. The number of unbranched alkanes of at least 4 members (excludes halogenated alkanes) is 1. The first-order chi connectivity index (χ1) is 12.8. The summed E-state index contributed by atoms with van der Waals surface area (Å²) < 4.78 is 0. The van der Waals surface area contributed by atoms with Gasteiger partial charge in [0.15, 0.2) is 0 Å². The summed E-state index contributed by atoms with van der Waals surface area (Å²) in [6.07, 6.45) is 27.3. The number of hydrogen-bond donors (Lipinski definition) is 1. The largest absolute Gasteiger partial charge is 0.356 e. The van der Waals surface area contributed by atoms with Gasteiger partial charge in [-0.3, -0.25) is 4.79 Å². The van der Waals surface area contributed by atoms with E-state index in [4.69, 9.17) is 0 Å². The van der Waals surface area contributed by atoms with E-state index in [9.17, 15) is 4.79 Å². The van der Waals surface area contributed by atoms with Crippen LogP contribution in [0.2, 0.25) is 0 Å². The number of rotatable bonds is 15. The van der Waals surface area contributed by atoms with E-state index >= 15 is 0 Å². The fourth-order valence-corrected chi connectivity index (χ4v) is 3.64. The Hall–Kier alpha value is -1.22. The molecule has 0 aromatic heterocycles. The smallest absolute Gasteiger partial charge is 0.220 e. The molecule has 1 aliphatic rings. The highest BCUT2D eigenvalue weighted by molar-refractivity contribution is 8.07. The minimum atomic E-state index is 0.192. The number of allylic oxidation sites excluding steroid dienone is 8. The van der Waals surface area contributed by atoms with Gasteiger partial charge in [-0.05, 0) is 51.4 Å². The number of hydrogen-bond acceptors (Lipinski definition) is 2. The van der Waals surface area contributed by atoms with Crippen molar-refractivity contribution in [3.05, 3.63) is 48.6 Å². The molecule has 0 aromatic rings. The molecule has 1 N–H and O–H groups in total. The minimum Gasteiger partial charge on any atom is -0.356 e. The SMILES string of the molecule is CC/C=C\C/C=C\C/C=C\CC1SC1C/C=C\CCCC(=O)NCCC. The summed E-state index contributed by atoms with van der Waals surface area (Å²) in [5, 5.41) is 4.54. The highest BCUT2D eigenvalue weighted by Gasteiger charge is 2.35. The molecule has 1 saturated heterocycles. The standard InChI is InChI=1S/C23H37NOS/c1-3-5-6-7-8-9-10-11-14-17-21-22(26-21)18-15-12-13-16-19-23(25)24-20-4-2/h5-6,8-9,11-12,14-15,21-22H,3-4,7,10,13,16-20H2,1-2H3,(H,24,25)/b6-5-,9-8-,14-11-,15-12-. The average molecular weight is 376 g/mol. The zero-order valence-corrected chi connectivity index (χ0v) is 17.5. The Balaban J connectivity index is 1.95. The molecule has 2 unspecified atom stereocenters. The van der Waals surface area contributed by atoms with Gasteiger partial charge in [0.2, 0.25) is 5.91 Å². The Morgan fingerprint density at radius 1 is 0.885 bits per heavy atom. The highest BCUT2D eigenvalue weighted by atomic mass is 32.2. The molecule has 0 saturated carbocycles. The first-order valence-corrected chi connectivity index (χ1v) is 11.2. The van der Waals surface area contributed by atoms with Gasteiger partial charge in [0.05, 0.1) is 0 Å². The first kappa shape index (κ1) is 22.8. The van der Waals surface area contributed by atoms with E-state index in [2.05, 4.69) is 79.5 Å². The van der Waals surface area contributed by atoms with Crippen LogP contribution in [0.1, 0.15) is 71.6 Å². The van der Waals surface area contributed by atoms with Crippen molar-refractivity contribution < 1.29 is 4.79 Å². The Labute approximate surface area is 165 Å². The van der Waals surface area contributed by atoms with Crippen LogP contribution in [-0.2, 0) is 4.79 Å². The summed E-state index contributed by atoms with van der Waals surface area (Å²) >= 11 is 2.10. The maximum atomic E-state index is 11.5. The van der Waals surface area contributed by atoms with E-state index < -0.39 is 0 Å². The molecule has 0 spiro atoms. The second-order valence-corrected chi connectivity index (χ2v) is 8.18. The molecule has 1 aliphatic heterocycles. The van der Waals surface area contributed by atoms with Crippen molar-refractivity contribution in [2.24, 2.45) is 0 Å². The van der Waals surface area contributed by atoms with Gasteiger partial charge >= 0.3 is 0 Å². The molecule has 2 nitrogen and oxygen atoms in total. The monoisotopic (exact) mass is 375 g/mol. The van der Waals surface area contributed by atoms with E-state index in [0.29, 0.717) is 6.42 Å². The van der Waals surface area contributed by atoms with Gasteiger partial charge in [0, 0.05) is 23.5 Å². The topological polar surface area (TPSA) is 29.1 Å². The van der Waals surface area contributed by atoms with Gasteiger partial charge in [0.25, 0.3) is 0 Å². The summed E-state index contributed by atoms with van der Waals surface area (Å²) in [6, 6.07) is 0. The normalized spacial score (nSPS) is 20.1. The summed E-state index contributed by atoms with van der Waals surface area (Å²) in [5.74, 6) is 0.192. The third kappa shape index (κ3) is 13.0. The molecule has 0 radical (unpaired) electrons. The van der Waals surface area contributed by atoms with Gasteiger partial charge < -0.3 is 5.32 Å². The summed E-state index contributed by atoms with van der Waals surface area (Å²) in [7, 11) is 0. The van der Waals surface area contributed by atoms with Crippen LogP contribution in [0.25, 0.3) is 0 Å². The van der Waals surface area contributed by atoms with Gasteiger partial charge in [0.1, 0.15) is 0 Å². The molecular formula is C23H37NOS. The van der Waals surface area contributed by atoms with Crippen molar-refractivity contribution in [3.8, 4) is 0 Å². The zero-order valence-electron chi connectivity index (χ0n) is 16.7. The van der Waals surface area contributed by atoms with E-state index in [1.165, 1.54) is 12.8 Å². The Morgan fingerprint density at radius 2 is 1.50 bits per heavy atom. The molecule has 0 bridgehead atoms. The lowest BCUT2D eigenvalue weighted by Crippen LogP contribution is -2.23. The maximum absolute atomic E-state index is 11.5. The molecular weight excluding hydrogens is 338 g/mol. The van der Waals surface area contributed by atoms with Crippen LogP contribution >= 0.6 is 11.8 Å². The quantitative estimate of drug-likeness (QED) is 0.205. The Morgan fingerprint density at radius 3 is 2.15 bits per heavy atom. The fraction of sp³-hybridized carbons (Fsp3) is 0.609. The van der Waals surface area contributed by atoms with Crippen LogP contribution in [-0.4, -0.2) is 23.0 Å². The third-order valence-electron chi connectivity index (χ3n) is 4.22. The number of amides is 1. The number of thioether (sulfide) groups is 1. The van der Waals surface area contributed by atoms with Crippen LogP contribution in [0, 0.1) is 0 Å². The number of carbonyl (C=O) groups is 1. The van der Waals surface area contributed by atoms with Crippen molar-refractivity contribution in [1.82, 2.24) is 5.32 Å². The van der Waals surface area contributed by atoms with Gasteiger partial charge in [-0.2, -0.15) is 11.8 Å². The van der Waals surface area contributed by atoms with E-state index in [-0.39, 0.29) is 5.91 Å². The Kier molecular flexibility index (Phi) is 14.0. The zero-order chi connectivity index (χ0) is 18.9. The fourth-order valence-electron chi connectivity index (χ4n) is 2.61. The molecule has 2 atom stereocenters. The predicted molar refractivity (Wildman–Crippen MR) is 118 cm³/mol. The minimum absolute atomic E-state index is 0.192. The van der Waals surface area contributed by atoms with Crippen molar-refractivity contribution in [1.29, 1.82) is 0 Å². The molecule has 1 rings (SSSR count). The predicted octanol–water partition coefficient (Wildman–Crippen LogP) is 6.36. The van der Waals surface area contributed by atoms with Gasteiger partial charge in [-0.1, -0.05) is 62.5 Å². The van der Waals surface area contributed by atoms with Crippen molar-refractivity contribution >= 4 is 17.7 Å². The molecule has 26 heavy (non-hydrogen) atoms. The van der Waals surface area contributed by atoms with Crippen LogP contribution in [0.3, 0.4) is 0 Å². The van der Waals surface area contributed by atoms with Crippen LogP contribution in [0.4, 0.5) is 0 Å². The highest BCUT2D eigenvalue weighted by Crippen LogP contribution is 2.46. The van der Waals surface area contributed by atoms with Crippen molar-refractivity contribution in [2.75, 3.05) is 6.54 Å². The van der Waals surface area contributed by atoms with Gasteiger partial charge in [-0.15, -0.1) is 0 Å². The van der Waals surface area contributed by atoms with Crippen molar-refractivity contribution in [2.45, 2.75) is 82.1 Å². The number of nitrogens with one attached hydrogen (secondary N) is 1. The summed E-state index contributed by atoms with van der Waals surface area (Å²) in [6.45, 7) is 5.04.